The van der Waals surface area contributed by atoms with Crippen LogP contribution in [0.1, 0.15) is 133 Å². The van der Waals surface area contributed by atoms with Crippen LogP contribution in [0.3, 0.4) is 0 Å². The van der Waals surface area contributed by atoms with E-state index in [2.05, 4.69) is 67.5 Å². The van der Waals surface area contributed by atoms with E-state index in [1.54, 1.807) is 0 Å². The van der Waals surface area contributed by atoms with Gasteiger partial charge in [0.1, 0.15) is 12.7 Å². The third-order valence-electron chi connectivity index (χ3n) is 15.5. The molecule has 0 spiro atoms. The predicted octanol–water partition coefficient (Wildman–Crippen LogP) is 9.41. The van der Waals surface area contributed by atoms with E-state index in [0.717, 1.165) is 30.6 Å². The lowest BCUT2D eigenvalue weighted by molar-refractivity contribution is -0.205. The molecule has 4 fully saturated rings. The Hall–Kier alpha value is -1.32. The Balaban J connectivity index is 1.35. The number of carbonyl (C=O) groups excluding carboxylic acids is 2. The van der Waals surface area contributed by atoms with Crippen molar-refractivity contribution >= 4 is 11.9 Å². The van der Waals surface area contributed by atoms with E-state index in [1.807, 2.05) is 0 Å². The second-order valence-electron chi connectivity index (χ2n) is 17.5. The van der Waals surface area contributed by atoms with Crippen molar-refractivity contribution in [2.75, 3.05) is 6.61 Å². The average molecular weight is 583 g/mol. The predicted molar refractivity (Wildman–Crippen MR) is 169 cm³/mol. The number of hydrogen-bond donors (Lipinski definition) is 0. The molecule has 0 aromatic carbocycles. The molecule has 0 radical (unpaired) electrons. The van der Waals surface area contributed by atoms with Crippen LogP contribution in [-0.4, -0.2) is 24.6 Å². The zero-order valence-electron chi connectivity index (χ0n) is 28.7. The van der Waals surface area contributed by atoms with Gasteiger partial charge in [-0.15, -0.1) is 0 Å². The van der Waals surface area contributed by atoms with E-state index in [9.17, 15) is 9.59 Å². The van der Waals surface area contributed by atoms with Crippen molar-refractivity contribution in [3.8, 4) is 0 Å². The molecule has 238 valence electrons. The SMILES string of the molecule is CC(=O)OC[C@@H](CC[C@@H](C)[C@H]1CC[C@]2(C)[C@H]3C=C[C@@H]4[C@@]5(C)CC[C@H](C)C(C)(C)[C@@H]5CC[C@@]4(C)[C@]3(C)CC[C@@H]12)OC(C)=O. The summed E-state index contributed by atoms with van der Waals surface area (Å²) in [5, 5.41) is 0. The monoisotopic (exact) mass is 582 g/mol. The molecule has 0 aromatic heterocycles. The molecule has 0 bridgehead atoms. The maximum absolute atomic E-state index is 11.7. The van der Waals surface area contributed by atoms with E-state index in [-0.39, 0.29) is 24.6 Å². The molecule has 4 saturated carbocycles. The summed E-state index contributed by atoms with van der Waals surface area (Å²) in [6.45, 7) is 23.9. The summed E-state index contributed by atoms with van der Waals surface area (Å²) < 4.78 is 10.7. The molecule has 4 nitrogen and oxygen atoms in total. The van der Waals surface area contributed by atoms with Crippen LogP contribution in [0.2, 0.25) is 0 Å². The van der Waals surface area contributed by atoms with E-state index in [4.69, 9.17) is 9.47 Å². The lowest BCUT2D eigenvalue weighted by Gasteiger charge is -2.71. The third kappa shape index (κ3) is 4.83. The van der Waals surface area contributed by atoms with Crippen LogP contribution in [0.25, 0.3) is 0 Å². The Labute approximate surface area is 257 Å². The van der Waals surface area contributed by atoms with Crippen molar-refractivity contribution in [2.45, 2.75) is 140 Å². The van der Waals surface area contributed by atoms with Crippen LogP contribution in [0, 0.1) is 68.5 Å². The zero-order chi connectivity index (χ0) is 30.9. The molecule has 4 heteroatoms. The standard InChI is InChI=1S/C38H62O4/c1-24(11-12-28(42-27(4)40)23-41-26(3)39)29-16-20-35(7)30(29)17-21-37(9)32(35)13-14-33-36(8)19-15-25(2)34(5,6)31(36)18-22-38(33,37)10/h13-14,24-25,28-33H,11-12,15-23H2,1-10H3/t24-,25+,28-,29-,30+,31+,32-,33-,35+,36+,37-,38-/m1/s1. The van der Waals surface area contributed by atoms with E-state index in [1.165, 1.54) is 65.2 Å². The van der Waals surface area contributed by atoms with E-state index < -0.39 is 0 Å². The first-order valence-corrected chi connectivity index (χ1v) is 17.5. The van der Waals surface area contributed by atoms with E-state index in [0.29, 0.717) is 50.7 Å². The molecule has 0 unspecified atom stereocenters. The van der Waals surface area contributed by atoms with Crippen molar-refractivity contribution in [3.63, 3.8) is 0 Å². The van der Waals surface area contributed by atoms with Crippen molar-refractivity contribution in [1.29, 1.82) is 0 Å². The molecule has 0 saturated heterocycles. The first kappa shape index (κ1) is 32.1. The van der Waals surface area contributed by atoms with Gasteiger partial charge in [0.15, 0.2) is 0 Å². The number of carbonyl (C=O) groups is 2. The van der Waals surface area contributed by atoms with Gasteiger partial charge in [-0.25, -0.2) is 0 Å². The number of fused-ring (bicyclic) bond motifs is 7. The minimum absolute atomic E-state index is 0.161. The van der Waals surface area contributed by atoms with Crippen LogP contribution in [0.5, 0.6) is 0 Å². The molecule has 5 aliphatic carbocycles. The maximum Gasteiger partial charge on any atom is 0.303 e. The van der Waals surface area contributed by atoms with Crippen molar-refractivity contribution < 1.29 is 19.1 Å². The summed E-state index contributed by atoms with van der Waals surface area (Å²) in [5.41, 5.74) is 1.89. The van der Waals surface area contributed by atoms with Gasteiger partial charge in [0.2, 0.25) is 0 Å². The van der Waals surface area contributed by atoms with Crippen LogP contribution in [0.4, 0.5) is 0 Å². The Morgan fingerprint density at radius 3 is 2.00 bits per heavy atom. The summed E-state index contributed by atoms with van der Waals surface area (Å²) in [6.07, 6.45) is 17.8. The molecule has 5 rings (SSSR count). The van der Waals surface area contributed by atoms with Gasteiger partial charge in [0, 0.05) is 13.8 Å². The minimum atomic E-state index is -0.348. The molecule has 12 atom stereocenters. The molecule has 0 amide bonds. The van der Waals surface area contributed by atoms with Gasteiger partial charge in [0.05, 0.1) is 0 Å². The highest BCUT2D eigenvalue weighted by Gasteiger charge is 2.69. The lowest BCUT2D eigenvalue weighted by atomic mass is 9.33. The largest absolute Gasteiger partial charge is 0.462 e. The van der Waals surface area contributed by atoms with Gasteiger partial charge in [-0.3, -0.25) is 9.59 Å². The zero-order valence-corrected chi connectivity index (χ0v) is 28.7. The minimum Gasteiger partial charge on any atom is -0.462 e. The fourth-order valence-electron chi connectivity index (χ4n) is 12.6. The molecular formula is C38H62O4. The first-order valence-electron chi connectivity index (χ1n) is 17.5. The van der Waals surface area contributed by atoms with Crippen LogP contribution in [-0.2, 0) is 19.1 Å². The van der Waals surface area contributed by atoms with Gasteiger partial charge in [0.25, 0.3) is 0 Å². The first-order chi connectivity index (χ1) is 19.5. The highest BCUT2D eigenvalue weighted by atomic mass is 16.6. The summed E-state index contributed by atoms with van der Waals surface area (Å²) in [7, 11) is 0. The molecule has 0 N–H and O–H groups in total. The molecular weight excluding hydrogens is 520 g/mol. The molecule has 0 heterocycles. The normalized spacial score (nSPS) is 46.8. The smallest absolute Gasteiger partial charge is 0.303 e. The number of ether oxygens (including phenoxy) is 2. The summed E-state index contributed by atoms with van der Waals surface area (Å²) >= 11 is 0. The van der Waals surface area contributed by atoms with Gasteiger partial charge < -0.3 is 9.47 Å². The lowest BCUT2D eigenvalue weighted by Crippen LogP contribution is -2.65. The Morgan fingerprint density at radius 2 is 1.38 bits per heavy atom. The molecule has 42 heavy (non-hydrogen) atoms. The fourth-order valence-corrected chi connectivity index (χ4v) is 12.6. The second kappa shape index (κ2) is 10.9. The average Bonchev–Trinajstić information content (AvgIpc) is 3.25. The Bertz CT molecular complexity index is 1080. The maximum atomic E-state index is 11.7. The summed E-state index contributed by atoms with van der Waals surface area (Å²) in [4.78, 5) is 23.1. The number of allylic oxidation sites excluding steroid dienone is 2. The second-order valence-corrected chi connectivity index (χ2v) is 17.5. The van der Waals surface area contributed by atoms with Crippen LogP contribution >= 0.6 is 0 Å². The number of rotatable bonds is 7. The van der Waals surface area contributed by atoms with Crippen molar-refractivity contribution in [3.05, 3.63) is 12.2 Å². The number of esters is 2. The summed E-state index contributed by atoms with van der Waals surface area (Å²) in [5.74, 6) is 4.36. The Morgan fingerprint density at radius 1 is 0.786 bits per heavy atom. The number of hydrogen-bond acceptors (Lipinski definition) is 4. The van der Waals surface area contributed by atoms with Gasteiger partial charge in [-0.1, -0.05) is 67.5 Å². The van der Waals surface area contributed by atoms with Crippen molar-refractivity contribution in [1.82, 2.24) is 0 Å². The molecule has 0 aliphatic heterocycles. The topological polar surface area (TPSA) is 52.6 Å². The highest BCUT2D eigenvalue weighted by Crippen LogP contribution is 2.76. The third-order valence-corrected chi connectivity index (χ3v) is 15.5. The van der Waals surface area contributed by atoms with Crippen LogP contribution in [0.15, 0.2) is 12.2 Å². The summed E-state index contributed by atoms with van der Waals surface area (Å²) in [6, 6.07) is 0. The van der Waals surface area contributed by atoms with Gasteiger partial charge in [-0.05, 0) is 133 Å². The van der Waals surface area contributed by atoms with E-state index >= 15 is 0 Å². The quantitative estimate of drug-likeness (QED) is 0.222. The highest BCUT2D eigenvalue weighted by molar-refractivity contribution is 5.67. The van der Waals surface area contributed by atoms with Crippen LogP contribution < -0.4 is 0 Å². The molecule has 0 aromatic rings. The fraction of sp³-hybridized carbons (Fsp3) is 0.895. The van der Waals surface area contributed by atoms with Gasteiger partial charge >= 0.3 is 11.9 Å². The molecule has 5 aliphatic rings. The Kier molecular flexibility index (Phi) is 8.35. The van der Waals surface area contributed by atoms with Gasteiger partial charge in [-0.2, -0.15) is 0 Å². The van der Waals surface area contributed by atoms with Crippen molar-refractivity contribution in [2.24, 2.45) is 68.5 Å².